The summed E-state index contributed by atoms with van der Waals surface area (Å²) < 4.78 is 2.03. The van der Waals surface area contributed by atoms with Crippen LogP contribution in [0.15, 0.2) is 17.8 Å². The van der Waals surface area contributed by atoms with Crippen molar-refractivity contribution < 1.29 is 4.79 Å². The number of carbonyl (C=O) groups is 1. The van der Waals surface area contributed by atoms with E-state index in [1.165, 1.54) is 0 Å². The van der Waals surface area contributed by atoms with Crippen LogP contribution < -0.4 is 0 Å². The number of aryl methyl sites for hydroxylation is 1. The van der Waals surface area contributed by atoms with Crippen molar-refractivity contribution in [2.24, 2.45) is 0 Å². The van der Waals surface area contributed by atoms with Crippen molar-refractivity contribution in [2.75, 3.05) is 0 Å². The third-order valence-electron chi connectivity index (χ3n) is 2.43. The van der Waals surface area contributed by atoms with E-state index in [1.807, 2.05) is 29.1 Å². The number of thiazole rings is 1. The monoisotopic (exact) mass is 222 g/mol. The van der Waals surface area contributed by atoms with Gasteiger partial charge in [0, 0.05) is 30.6 Å². The van der Waals surface area contributed by atoms with Crippen LogP contribution in [0.5, 0.6) is 0 Å². The molecule has 15 heavy (non-hydrogen) atoms. The molecule has 0 unspecified atom stereocenters. The number of Topliss-reactive ketones (excluding diaryl/α,β-unsaturated/α-hetero) is 1. The molecule has 2 heterocycles. The van der Waals surface area contributed by atoms with Crippen LogP contribution in [0, 0.1) is 0 Å². The number of imidazole rings is 1. The van der Waals surface area contributed by atoms with Crippen molar-refractivity contribution in [1.29, 1.82) is 0 Å². The topological polar surface area (TPSA) is 34.4 Å². The molecule has 4 heteroatoms. The highest BCUT2D eigenvalue weighted by Crippen LogP contribution is 2.13. The summed E-state index contributed by atoms with van der Waals surface area (Å²) in [6.45, 7) is 1.91. The van der Waals surface area contributed by atoms with Crippen molar-refractivity contribution in [2.45, 2.75) is 32.6 Å². The van der Waals surface area contributed by atoms with Gasteiger partial charge in [-0.3, -0.25) is 9.20 Å². The largest absolute Gasteiger partial charge is 0.300 e. The van der Waals surface area contributed by atoms with Crippen LogP contribution in [0.3, 0.4) is 0 Å². The maximum Gasteiger partial charge on any atom is 0.193 e. The Labute approximate surface area is 92.8 Å². The minimum absolute atomic E-state index is 0.344. The van der Waals surface area contributed by atoms with Crippen molar-refractivity contribution in [3.63, 3.8) is 0 Å². The molecule has 0 saturated carbocycles. The molecule has 0 aromatic carbocycles. The molecule has 2 aromatic rings. The zero-order valence-electron chi connectivity index (χ0n) is 8.77. The highest BCUT2D eigenvalue weighted by atomic mass is 32.1. The van der Waals surface area contributed by atoms with Crippen molar-refractivity contribution in [3.05, 3.63) is 23.5 Å². The summed E-state index contributed by atoms with van der Waals surface area (Å²) >= 11 is 1.64. The van der Waals surface area contributed by atoms with E-state index in [-0.39, 0.29) is 0 Å². The van der Waals surface area contributed by atoms with Gasteiger partial charge in [-0.15, -0.1) is 11.3 Å². The SMILES string of the molecule is CCC(=O)CCCc1cn2ccsc2n1. The van der Waals surface area contributed by atoms with Crippen LogP contribution >= 0.6 is 11.3 Å². The first-order valence-corrected chi connectivity index (χ1v) is 6.10. The smallest absolute Gasteiger partial charge is 0.193 e. The van der Waals surface area contributed by atoms with E-state index in [4.69, 9.17) is 0 Å². The first kappa shape index (κ1) is 10.4. The first-order chi connectivity index (χ1) is 7.29. The van der Waals surface area contributed by atoms with Crippen molar-refractivity contribution in [3.8, 4) is 0 Å². The predicted molar refractivity (Wildman–Crippen MR) is 61.3 cm³/mol. The van der Waals surface area contributed by atoms with E-state index in [0.717, 1.165) is 23.5 Å². The fourth-order valence-corrected chi connectivity index (χ4v) is 2.26. The Kier molecular flexibility index (Phi) is 3.16. The van der Waals surface area contributed by atoms with E-state index in [2.05, 4.69) is 4.98 Å². The van der Waals surface area contributed by atoms with Gasteiger partial charge in [-0.25, -0.2) is 4.98 Å². The van der Waals surface area contributed by atoms with Gasteiger partial charge in [0.1, 0.15) is 5.78 Å². The first-order valence-electron chi connectivity index (χ1n) is 5.22. The molecular formula is C11H14N2OS. The summed E-state index contributed by atoms with van der Waals surface area (Å²) in [7, 11) is 0. The molecule has 2 aromatic heterocycles. The maximum atomic E-state index is 11.1. The van der Waals surface area contributed by atoms with E-state index in [1.54, 1.807) is 11.3 Å². The minimum Gasteiger partial charge on any atom is -0.300 e. The number of carbonyl (C=O) groups excluding carboxylic acids is 1. The Hall–Kier alpha value is -1.16. The quantitative estimate of drug-likeness (QED) is 0.779. The van der Waals surface area contributed by atoms with Gasteiger partial charge in [0.05, 0.1) is 5.69 Å². The van der Waals surface area contributed by atoms with Crippen LogP contribution in [0.1, 0.15) is 31.9 Å². The molecule has 80 valence electrons. The Morgan fingerprint density at radius 2 is 2.47 bits per heavy atom. The molecule has 0 bridgehead atoms. The van der Waals surface area contributed by atoms with E-state index >= 15 is 0 Å². The molecule has 0 atom stereocenters. The van der Waals surface area contributed by atoms with Gasteiger partial charge in [0.15, 0.2) is 4.96 Å². The summed E-state index contributed by atoms with van der Waals surface area (Å²) in [5.74, 6) is 0.344. The third-order valence-corrected chi connectivity index (χ3v) is 3.20. The molecule has 0 aliphatic heterocycles. The van der Waals surface area contributed by atoms with Gasteiger partial charge in [0.25, 0.3) is 0 Å². The summed E-state index contributed by atoms with van der Waals surface area (Å²) in [6, 6.07) is 0. The highest BCUT2D eigenvalue weighted by Gasteiger charge is 2.03. The predicted octanol–water partition coefficient (Wildman–Crippen LogP) is 2.70. The van der Waals surface area contributed by atoms with Crippen molar-refractivity contribution >= 4 is 22.1 Å². The highest BCUT2D eigenvalue weighted by molar-refractivity contribution is 7.15. The number of rotatable bonds is 5. The summed E-state index contributed by atoms with van der Waals surface area (Å²) in [4.78, 5) is 16.6. The van der Waals surface area contributed by atoms with Gasteiger partial charge < -0.3 is 0 Å². The fourth-order valence-electron chi connectivity index (χ4n) is 1.54. The Morgan fingerprint density at radius 1 is 1.60 bits per heavy atom. The lowest BCUT2D eigenvalue weighted by molar-refractivity contribution is -0.118. The molecule has 0 aliphatic carbocycles. The molecule has 0 saturated heterocycles. The molecule has 3 nitrogen and oxygen atoms in total. The second-order valence-corrected chi connectivity index (χ2v) is 4.44. The van der Waals surface area contributed by atoms with Gasteiger partial charge in [0.2, 0.25) is 0 Å². The standard InChI is InChI=1S/C11H14N2OS/c1-2-10(14)5-3-4-9-8-13-6-7-15-11(13)12-9/h6-8H,2-5H2,1H3. The van der Waals surface area contributed by atoms with E-state index in [0.29, 0.717) is 18.6 Å². The summed E-state index contributed by atoms with van der Waals surface area (Å²) in [6.07, 6.45) is 7.20. The van der Waals surface area contributed by atoms with E-state index < -0.39 is 0 Å². The molecule has 0 radical (unpaired) electrons. The van der Waals surface area contributed by atoms with Crippen LogP contribution in [0.4, 0.5) is 0 Å². The maximum absolute atomic E-state index is 11.1. The molecule has 0 spiro atoms. The third kappa shape index (κ3) is 2.45. The minimum atomic E-state index is 0.344. The second kappa shape index (κ2) is 4.57. The molecule has 0 aliphatic rings. The van der Waals surface area contributed by atoms with Gasteiger partial charge in [-0.2, -0.15) is 0 Å². The molecule has 0 fully saturated rings. The molecule has 0 N–H and O–H groups in total. The Balaban J connectivity index is 1.90. The average Bonchev–Trinajstić information content (AvgIpc) is 2.77. The average molecular weight is 222 g/mol. The number of nitrogens with zero attached hydrogens (tertiary/aromatic N) is 2. The summed E-state index contributed by atoms with van der Waals surface area (Å²) in [5, 5.41) is 2.02. The molecule has 0 amide bonds. The van der Waals surface area contributed by atoms with Gasteiger partial charge in [-0.05, 0) is 12.8 Å². The van der Waals surface area contributed by atoms with Crippen LogP contribution in [0.25, 0.3) is 4.96 Å². The normalized spacial score (nSPS) is 11.0. The lowest BCUT2D eigenvalue weighted by atomic mass is 10.1. The van der Waals surface area contributed by atoms with Gasteiger partial charge in [-0.1, -0.05) is 6.92 Å². The second-order valence-electron chi connectivity index (χ2n) is 3.57. The van der Waals surface area contributed by atoms with E-state index in [9.17, 15) is 4.79 Å². The van der Waals surface area contributed by atoms with Crippen molar-refractivity contribution in [1.82, 2.24) is 9.38 Å². The molecule has 2 rings (SSSR count). The zero-order chi connectivity index (χ0) is 10.7. The number of fused-ring (bicyclic) bond motifs is 1. The lowest BCUT2D eigenvalue weighted by Gasteiger charge is -1.95. The Bertz CT molecular complexity index is 429. The number of hydrogen-bond acceptors (Lipinski definition) is 3. The Morgan fingerprint density at radius 3 is 3.20 bits per heavy atom. The van der Waals surface area contributed by atoms with Crippen LogP contribution in [0.2, 0.25) is 0 Å². The van der Waals surface area contributed by atoms with Gasteiger partial charge >= 0.3 is 0 Å². The summed E-state index contributed by atoms with van der Waals surface area (Å²) in [5.41, 5.74) is 1.09. The number of ketones is 1. The van der Waals surface area contributed by atoms with Crippen LogP contribution in [-0.4, -0.2) is 15.2 Å². The zero-order valence-corrected chi connectivity index (χ0v) is 9.59. The number of hydrogen-bond donors (Lipinski definition) is 0. The number of aromatic nitrogens is 2. The lowest BCUT2D eigenvalue weighted by Crippen LogP contribution is -1.96. The molecular weight excluding hydrogens is 208 g/mol. The fraction of sp³-hybridized carbons (Fsp3) is 0.455. The van der Waals surface area contributed by atoms with Crippen LogP contribution in [-0.2, 0) is 11.2 Å².